The second-order valence-electron chi connectivity index (χ2n) is 4.31. The highest BCUT2D eigenvalue weighted by atomic mass is 35.5. The summed E-state index contributed by atoms with van der Waals surface area (Å²) >= 11 is 14.5. The van der Waals surface area contributed by atoms with Gasteiger partial charge in [0.25, 0.3) is 11.1 Å². The minimum Gasteiger partial charge on any atom is -0.410 e. The molecular weight excluding hydrogens is 377 g/mol. The van der Waals surface area contributed by atoms with Crippen LogP contribution in [0.4, 0.5) is 5.69 Å². The molecule has 1 amide bonds. The van der Waals surface area contributed by atoms with Crippen molar-refractivity contribution >= 4 is 57.9 Å². The number of aromatic nitrogens is 2. The van der Waals surface area contributed by atoms with E-state index in [0.717, 1.165) is 16.6 Å². The second kappa shape index (κ2) is 7.35. The van der Waals surface area contributed by atoms with Gasteiger partial charge in [-0.1, -0.05) is 41.0 Å². The lowest BCUT2D eigenvalue weighted by Gasteiger charge is -2.06. The van der Waals surface area contributed by atoms with E-state index in [4.69, 9.17) is 27.6 Å². The van der Waals surface area contributed by atoms with Crippen molar-refractivity contribution < 1.29 is 9.21 Å². The minimum atomic E-state index is -0.227. The predicted molar refractivity (Wildman–Crippen MR) is 93.4 cm³/mol. The van der Waals surface area contributed by atoms with E-state index in [1.807, 2.05) is 17.5 Å². The number of carbonyl (C=O) groups is 1. The van der Waals surface area contributed by atoms with Gasteiger partial charge in [-0.2, -0.15) is 0 Å². The minimum absolute atomic E-state index is 0.130. The van der Waals surface area contributed by atoms with E-state index < -0.39 is 0 Å². The van der Waals surface area contributed by atoms with Crippen LogP contribution in [0, 0.1) is 0 Å². The standard InChI is InChI=1S/C14H9Cl2N3O2S2/c15-8-3-4-10(9(16)6-8)17-12(20)7-23-14-19-18-13(21-14)11-2-1-5-22-11/h1-6H,7H2,(H,17,20). The molecule has 0 fully saturated rings. The van der Waals surface area contributed by atoms with Crippen LogP contribution >= 0.6 is 46.3 Å². The first-order valence-electron chi connectivity index (χ1n) is 6.37. The van der Waals surface area contributed by atoms with Gasteiger partial charge >= 0.3 is 0 Å². The Morgan fingerprint density at radius 1 is 1.30 bits per heavy atom. The van der Waals surface area contributed by atoms with Crippen LogP contribution in [-0.4, -0.2) is 21.9 Å². The molecule has 2 aromatic heterocycles. The molecule has 23 heavy (non-hydrogen) atoms. The van der Waals surface area contributed by atoms with Gasteiger partial charge in [0.15, 0.2) is 0 Å². The molecule has 0 saturated heterocycles. The summed E-state index contributed by atoms with van der Waals surface area (Å²) in [6.07, 6.45) is 0. The van der Waals surface area contributed by atoms with Crippen molar-refractivity contribution in [3.05, 3.63) is 45.8 Å². The third-order valence-electron chi connectivity index (χ3n) is 2.67. The number of hydrogen-bond donors (Lipinski definition) is 1. The summed E-state index contributed by atoms with van der Waals surface area (Å²) < 4.78 is 5.50. The summed E-state index contributed by atoms with van der Waals surface area (Å²) in [7, 11) is 0. The van der Waals surface area contributed by atoms with E-state index in [1.54, 1.807) is 18.2 Å². The summed E-state index contributed by atoms with van der Waals surface area (Å²) in [4.78, 5) is 12.8. The van der Waals surface area contributed by atoms with E-state index in [1.165, 1.54) is 11.3 Å². The summed E-state index contributed by atoms with van der Waals surface area (Å²) in [5, 5.41) is 13.7. The fourth-order valence-electron chi connectivity index (χ4n) is 1.67. The topological polar surface area (TPSA) is 68.0 Å². The Morgan fingerprint density at radius 2 is 2.17 bits per heavy atom. The maximum absolute atomic E-state index is 11.9. The SMILES string of the molecule is O=C(CSc1nnc(-c2cccs2)o1)Nc1ccc(Cl)cc1Cl. The Labute approximate surface area is 150 Å². The largest absolute Gasteiger partial charge is 0.410 e. The van der Waals surface area contributed by atoms with Crippen LogP contribution in [0.15, 0.2) is 45.4 Å². The Kier molecular flexibility index (Phi) is 5.22. The average Bonchev–Trinajstić information content (AvgIpc) is 3.18. The molecule has 0 bridgehead atoms. The number of anilines is 1. The molecule has 118 valence electrons. The van der Waals surface area contributed by atoms with Gasteiger partial charge in [0, 0.05) is 5.02 Å². The highest BCUT2D eigenvalue weighted by Gasteiger charge is 2.12. The third kappa shape index (κ3) is 4.26. The first kappa shape index (κ1) is 16.3. The number of halogens is 2. The maximum atomic E-state index is 11.9. The lowest BCUT2D eigenvalue weighted by molar-refractivity contribution is -0.113. The van der Waals surface area contributed by atoms with Crippen molar-refractivity contribution in [2.75, 3.05) is 11.1 Å². The Morgan fingerprint density at radius 3 is 2.91 bits per heavy atom. The molecule has 1 aromatic carbocycles. The van der Waals surface area contributed by atoms with Crippen LogP contribution in [-0.2, 0) is 4.79 Å². The number of benzene rings is 1. The van der Waals surface area contributed by atoms with Gasteiger partial charge in [0.1, 0.15) is 0 Å². The number of nitrogens with zero attached hydrogens (tertiary/aromatic N) is 2. The number of rotatable bonds is 5. The molecule has 0 spiro atoms. The molecular formula is C14H9Cl2N3O2S2. The van der Waals surface area contributed by atoms with Crippen molar-refractivity contribution in [3.8, 4) is 10.8 Å². The number of thiophene rings is 1. The molecule has 1 N–H and O–H groups in total. The summed E-state index contributed by atoms with van der Waals surface area (Å²) in [6, 6.07) is 8.66. The average molecular weight is 386 g/mol. The number of carbonyl (C=O) groups excluding carboxylic acids is 1. The third-order valence-corrected chi connectivity index (χ3v) is 4.89. The Bertz CT molecular complexity index is 821. The number of hydrogen-bond acceptors (Lipinski definition) is 6. The van der Waals surface area contributed by atoms with Crippen LogP contribution < -0.4 is 5.32 Å². The van der Waals surface area contributed by atoms with Crippen molar-refractivity contribution in [1.82, 2.24) is 10.2 Å². The molecule has 3 rings (SSSR count). The van der Waals surface area contributed by atoms with Crippen LogP contribution in [0.25, 0.3) is 10.8 Å². The van der Waals surface area contributed by atoms with Crippen molar-refractivity contribution in [2.45, 2.75) is 5.22 Å². The molecule has 0 radical (unpaired) electrons. The fourth-order valence-corrected chi connectivity index (χ4v) is 3.34. The lowest BCUT2D eigenvalue weighted by Crippen LogP contribution is -2.14. The van der Waals surface area contributed by atoms with Gasteiger partial charge < -0.3 is 9.73 Å². The predicted octanol–water partition coefficient (Wildman–Crippen LogP) is 4.84. The first-order valence-corrected chi connectivity index (χ1v) is 8.99. The summed E-state index contributed by atoms with van der Waals surface area (Å²) in [5.74, 6) is 0.351. The molecule has 0 aliphatic rings. The van der Waals surface area contributed by atoms with E-state index >= 15 is 0 Å². The smallest absolute Gasteiger partial charge is 0.277 e. The van der Waals surface area contributed by atoms with E-state index in [2.05, 4.69) is 15.5 Å². The van der Waals surface area contributed by atoms with E-state index in [-0.39, 0.29) is 11.7 Å². The molecule has 5 nitrogen and oxygen atoms in total. The summed E-state index contributed by atoms with van der Waals surface area (Å²) in [6.45, 7) is 0. The first-order chi connectivity index (χ1) is 11.1. The normalized spacial score (nSPS) is 10.7. The van der Waals surface area contributed by atoms with Gasteiger partial charge in [-0.15, -0.1) is 21.5 Å². The fraction of sp³-hybridized carbons (Fsp3) is 0.0714. The maximum Gasteiger partial charge on any atom is 0.277 e. The lowest BCUT2D eigenvalue weighted by atomic mass is 10.3. The quantitative estimate of drug-likeness (QED) is 0.636. The molecule has 2 heterocycles. The Balaban J connectivity index is 1.57. The molecule has 0 saturated carbocycles. The number of amides is 1. The molecule has 0 atom stereocenters. The van der Waals surface area contributed by atoms with Crippen LogP contribution in [0.1, 0.15) is 0 Å². The van der Waals surface area contributed by atoms with Crippen molar-refractivity contribution in [3.63, 3.8) is 0 Å². The zero-order valence-corrected chi connectivity index (χ0v) is 14.6. The van der Waals surface area contributed by atoms with Gasteiger partial charge in [-0.25, -0.2) is 0 Å². The highest BCUT2D eigenvalue weighted by Crippen LogP contribution is 2.28. The zero-order valence-electron chi connectivity index (χ0n) is 11.5. The Hall–Kier alpha value is -1.54. The zero-order chi connectivity index (χ0) is 16.2. The molecule has 0 aliphatic heterocycles. The van der Waals surface area contributed by atoms with Gasteiger partial charge in [0.05, 0.1) is 21.3 Å². The van der Waals surface area contributed by atoms with Gasteiger partial charge in [-0.05, 0) is 29.6 Å². The van der Waals surface area contributed by atoms with Crippen LogP contribution in [0.5, 0.6) is 0 Å². The number of thioether (sulfide) groups is 1. The highest BCUT2D eigenvalue weighted by molar-refractivity contribution is 7.99. The number of nitrogens with one attached hydrogen (secondary N) is 1. The van der Waals surface area contributed by atoms with Crippen molar-refractivity contribution in [1.29, 1.82) is 0 Å². The summed E-state index contributed by atoms with van der Waals surface area (Å²) in [5.41, 5.74) is 0.506. The van der Waals surface area contributed by atoms with E-state index in [9.17, 15) is 4.79 Å². The van der Waals surface area contributed by atoms with Gasteiger partial charge in [-0.3, -0.25) is 4.79 Å². The van der Waals surface area contributed by atoms with Gasteiger partial charge in [0.2, 0.25) is 5.91 Å². The molecule has 9 heteroatoms. The molecule has 0 unspecified atom stereocenters. The van der Waals surface area contributed by atoms with Crippen LogP contribution in [0.3, 0.4) is 0 Å². The van der Waals surface area contributed by atoms with E-state index in [0.29, 0.717) is 26.8 Å². The second-order valence-corrected chi connectivity index (χ2v) is 7.03. The van der Waals surface area contributed by atoms with Crippen LogP contribution in [0.2, 0.25) is 10.0 Å². The van der Waals surface area contributed by atoms with Crippen molar-refractivity contribution in [2.24, 2.45) is 0 Å². The monoisotopic (exact) mass is 385 g/mol. The molecule has 0 aliphatic carbocycles. The molecule has 3 aromatic rings.